The molecule has 1 N–H and O–H groups in total. The van der Waals surface area contributed by atoms with Crippen molar-refractivity contribution in [1.82, 2.24) is 25.1 Å². The van der Waals surface area contributed by atoms with Crippen molar-refractivity contribution in [3.8, 4) is 0 Å². The summed E-state index contributed by atoms with van der Waals surface area (Å²) in [6, 6.07) is 10.1. The Morgan fingerprint density at radius 1 is 1.24 bits per heavy atom. The van der Waals surface area contributed by atoms with Crippen LogP contribution in [0.15, 0.2) is 64.9 Å². The van der Waals surface area contributed by atoms with Gasteiger partial charge in [0.25, 0.3) is 5.91 Å². The molecule has 1 saturated heterocycles. The number of imidazole rings is 1. The summed E-state index contributed by atoms with van der Waals surface area (Å²) in [6.45, 7) is 7.48. The minimum atomic E-state index is -0.189. The molecular formula is C24H23N7O2S. The molecule has 9 nitrogen and oxygen atoms in total. The molecule has 0 unspecified atom stereocenters. The molecule has 1 fully saturated rings. The van der Waals surface area contributed by atoms with Crippen LogP contribution < -0.4 is 15.1 Å². The first kappa shape index (κ1) is 20.9. The number of anilines is 3. The second-order valence-electron chi connectivity index (χ2n) is 8.32. The minimum Gasteiger partial charge on any atom is -0.378 e. The molecule has 34 heavy (non-hydrogen) atoms. The summed E-state index contributed by atoms with van der Waals surface area (Å²) in [5, 5.41) is 13.0. The number of fused-ring (bicyclic) bond motifs is 5. The Bertz CT molecular complexity index is 1340. The summed E-state index contributed by atoms with van der Waals surface area (Å²) in [4.78, 5) is 23.1. The highest BCUT2D eigenvalue weighted by Crippen LogP contribution is 2.55. The van der Waals surface area contributed by atoms with E-state index >= 15 is 0 Å². The SMILES string of the molecule is C=C1C(C(=O)NCc2cn(C)cn2)=C2Sc3ccccc3N2c2nnc(N3CCOCC3)cc21. The number of aromatic nitrogens is 4. The molecule has 0 spiro atoms. The van der Waals surface area contributed by atoms with Gasteiger partial charge in [-0.25, -0.2) is 4.98 Å². The molecule has 0 atom stereocenters. The van der Waals surface area contributed by atoms with E-state index in [9.17, 15) is 4.79 Å². The van der Waals surface area contributed by atoms with E-state index in [1.165, 1.54) is 0 Å². The molecule has 1 aromatic carbocycles. The molecule has 2 aromatic heterocycles. The van der Waals surface area contributed by atoms with Crippen LogP contribution in [-0.2, 0) is 23.1 Å². The molecule has 0 saturated carbocycles. The van der Waals surface area contributed by atoms with E-state index < -0.39 is 0 Å². The normalized spacial score (nSPS) is 16.9. The van der Waals surface area contributed by atoms with Crippen LogP contribution in [0.1, 0.15) is 11.3 Å². The predicted octanol–water partition coefficient (Wildman–Crippen LogP) is 2.85. The number of ether oxygens (including phenoxy) is 1. The van der Waals surface area contributed by atoms with Crippen molar-refractivity contribution in [2.24, 2.45) is 7.05 Å². The van der Waals surface area contributed by atoms with Crippen LogP contribution in [0.4, 0.5) is 17.3 Å². The fraction of sp³-hybridized carbons (Fsp3) is 0.250. The molecule has 3 aliphatic heterocycles. The van der Waals surface area contributed by atoms with Gasteiger partial charge in [0, 0.05) is 36.8 Å². The maximum atomic E-state index is 13.5. The van der Waals surface area contributed by atoms with Crippen LogP contribution in [0, 0.1) is 0 Å². The minimum absolute atomic E-state index is 0.189. The van der Waals surface area contributed by atoms with Gasteiger partial charge in [-0.15, -0.1) is 10.2 Å². The monoisotopic (exact) mass is 473 g/mol. The van der Waals surface area contributed by atoms with Gasteiger partial charge in [-0.3, -0.25) is 9.69 Å². The molecule has 3 aromatic rings. The molecule has 0 radical (unpaired) electrons. The van der Waals surface area contributed by atoms with Crippen LogP contribution in [-0.4, -0.2) is 52.0 Å². The van der Waals surface area contributed by atoms with E-state index in [0.29, 0.717) is 36.7 Å². The van der Waals surface area contributed by atoms with Gasteiger partial charge in [-0.2, -0.15) is 0 Å². The van der Waals surface area contributed by atoms with Crippen molar-refractivity contribution < 1.29 is 9.53 Å². The molecule has 172 valence electrons. The number of hydrogen-bond acceptors (Lipinski definition) is 8. The van der Waals surface area contributed by atoms with Gasteiger partial charge in [0.05, 0.1) is 48.1 Å². The molecule has 0 bridgehead atoms. The van der Waals surface area contributed by atoms with Crippen molar-refractivity contribution >= 4 is 40.6 Å². The first-order valence-corrected chi connectivity index (χ1v) is 11.9. The quantitative estimate of drug-likeness (QED) is 0.619. The van der Waals surface area contributed by atoms with E-state index in [1.807, 2.05) is 53.0 Å². The van der Waals surface area contributed by atoms with E-state index in [-0.39, 0.29) is 5.91 Å². The molecule has 5 heterocycles. The highest BCUT2D eigenvalue weighted by atomic mass is 32.2. The van der Waals surface area contributed by atoms with E-state index in [4.69, 9.17) is 4.74 Å². The van der Waals surface area contributed by atoms with Crippen molar-refractivity contribution in [3.63, 3.8) is 0 Å². The van der Waals surface area contributed by atoms with Crippen LogP contribution in [0.3, 0.4) is 0 Å². The fourth-order valence-corrected chi connectivity index (χ4v) is 5.60. The zero-order chi connectivity index (χ0) is 23.2. The Hall–Kier alpha value is -3.63. The predicted molar refractivity (Wildman–Crippen MR) is 131 cm³/mol. The Morgan fingerprint density at radius 2 is 2.06 bits per heavy atom. The first-order valence-electron chi connectivity index (χ1n) is 11.1. The number of aryl methyl sites for hydroxylation is 1. The van der Waals surface area contributed by atoms with E-state index in [2.05, 4.69) is 32.0 Å². The van der Waals surface area contributed by atoms with Gasteiger partial charge in [0.1, 0.15) is 0 Å². The number of carbonyl (C=O) groups is 1. The highest BCUT2D eigenvalue weighted by molar-refractivity contribution is 8.03. The summed E-state index contributed by atoms with van der Waals surface area (Å²) in [5.74, 6) is 1.27. The molecular weight excluding hydrogens is 450 g/mol. The number of para-hydroxylation sites is 1. The van der Waals surface area contributed by atoms with Gasteiger partial charge in [0.15, 0.2) is 11.6 Å². The third-order valence-corrected chi connectivity index (χ3v) is 7.23. The maximum Gasteiger partial charge on any atom is 0.254 e. The zero-order valence-electron chi connectivity index (χ0n) is 18.7. The number of hydrogen-bond donors (Lipinski definition) is 1. The first-order chi connectivity index (χ1) is 16.6. The van der Waals surface area contributed by atoms with Crippen LogP contribution in [0.2, 0.25) is 0 Å². The largest absolute Gasteiger partial charge is 0.378 e. The number of amides is 1. The molecule has 10 heteroatoms. The van der Waals surface area contributed by atoms with Crippen LogP contribution in [0.5, 0.6) is 0 Å². The van der Waals surface area contributed by atoms with Gasteiger partial charge < -0.3 is 19.5 Å². The van der Waals surface area contributed by atoms with Crippen molar-refractivity contribution in [2.45, 2.75) is 11.4 Å². The Kier molecular flexibility index (Phi) is 5.11. The van der Waals surface area contributed by atoms with Crippen molar-refractivity contribution in [3.05, 3.63) is 71.3 Å². The number of morpholine rings is 1. The maximum absolute atomic E-state index is 13.5. The third kappa shape index (κ3) is 3.46. The van der Waals surface area contributed by atoms with Crippen molar-refractivity contribution in [2.75, 3.05) is 36.1 Å². The third-order valence-electron chi connectivity index (χ3n) is 6.08. The van der Waals surface area contributed by atoms with E-state index in [0.717, 1.165) is 45.8 Å². The fourth-order valence-electron chi connectivity index (χ4n) is 4.39. The topological polar surface area (TPSA) is 88.4 Å². The number of rotatable bonds is 4. The van der Waals surface area contributed by atoms with E-state index in [1.54, 1.807) is 18.1 Å². The number of nitrogens with zero attached hydrogens (tertiary/aromatic N) is 6. The molecule has 6 rings (SSSR count). The second kappa shape index (κ2) is 8.30. The van der Waals surface area contributed by atoms with Crippen LogP contribution >= 0.6 is 11.8 Å². The number of thioether (sulfide) groups is 1. The Labute approximate surface area is 201 Å². The summed E-state index contributed by atoms with van der Waals surface area (Å²) in [6.07, 6.45) is 3.61. The smallest absolute Gasteiger partial charge is 0.254 e. The summed E-state index contributed by atoms with van der Waals surface area (Å²) >= 11 is 1.55. The zero-order valence-corrected chi connectivity index (χ0v) is 19.5. The number of benzene rings is 1. The van der Waals surface area contributed by atoms with Gasteiger partial charge in [-0.05, 0) is 23.8 Å². The van der Waals surface area contributed by atoms with Gasteiger partial charge in [0.2, 0.25) is 0 Å². The summed E-state index contributed by atoms with van der Waals surface area (Å²) in [7, 11) is 1.90. The van der Waals surface area contributed by atoms with Crippen LogP contribution in [0.25, 0.3) is 5.57 Å². The second-order valence-corrected chi connectivity index (χ2v) is 9.35. The Morgan fingerprint density at radius 3 is 2.85 bits per heavy atom. The lowest BCUT2D eigenvalue weighted by atomic mass is 9.96. The highest BCUT2D eigenvalue weighted by Gasteiger charge is 2.39. The molecule has 1 amide bonds. The summed E-state index contributed by atoms with van der Waals surface area (Å²) < 4.78 is 7.34. The summed E-state index contributed by atoms with van der Waals surface area (Å²) in [5.41, 5.74) is 3.78. The average molecular weight is 474 g/mol. The van der Waals surface area contributed by atoms with Gasteiger partial charge >= 0.3 is 0 Å². The lowest BCUT2D eigenvalue weighted by molar-refractivity contribution is -0.117. The lowest BCUT2D eigenvalue weighted by Gasteiger charge is -2.32. The molecule has 0 aliphatic carbocycles. The van der Waals surface area contributed by atoms with Gasteiger partial charge in [-0.1, -0.05) is 30.5 Å². The Balaban J connectivity index is 1.41. The lowest BCUT2D eigenvalue weighted by Crippen LogP contribution is -2.37. The standard InChI is InChI=1S/C24H23N7O2S/c1-15-17-11-20(30-7-9-33-10-8-30)27-28-22(17)31-18-5-3-4-6-19(18)34-24(31)21(15)23(32)25-12-16-13-29(2)14-26-16/h3-6,11,13-14H,1,7-10,12H2,2H3,(H,25,32). The molecule has 3 aliphatic rings. The number of nitrogens with one attached hydrogen (secondary N) is 1. The van der Waals surface area contributed by atoms with Crippen molar-refractivity contribution in [1.29, 1.82) is 0 Å². The number of carbonyl (C=O) groups excluding carboxylic acids is 1. The average Bonchev–Trinajstić information content (AvgIpc) is 3.46.